The highest BCUT2D eigenvalue weighted by Gasteiger charge is 2.51. The second-order valence-corrected chi connectivity index (χ2v) is 14.9. The number of aliphatic hydroxyl groups is 5. The van der Waals surface area contributed by atoms with Gasteiger partial charge in [-0.15, -0.1) is 0 Å². The quantitative estimate of drug-likeness (QED) is 0.103. The first kappa shape index (κ1) is 41.9. The van der Waals surface area contributed by atoms with Crippen molar-refractivity contribution >= 4 is 23.4 Å². The molecule has 2 fully saturated rings. The SMILES string of the molecule is COc1cc(O)c2c(c1)C(=O)c1c(cc3c(c1O)-c1c(cc(C)c(C(=O)NC(C)C(=O)O)c1O)C(OC1OC(C)C(N)C(OC4OCC(O)C(O)C4O)C1O)C3O)C2=O. The lowest BCUT2D eigenvalue weighted by molar-refractivity contribution is -0.337. The number of hydrogen-bond donors (Lipinski definition) is 11. The number of ether oxygens (including phenoxy) is 5. The summed E-state index contributed by atoms with van der Waals surface area (Å²) in [7, 11) is 1.26. The molecule has 0 spiro atoms. The van der Waals surface area contributed by atoms with E-state index in [4.69, 9.17) is 29.4 Å². The lowest BCUT2D eigenvalue weighted by Gasteiger charge is -2.46. The van der Waals surface area contributed by atoms with Gasteiger partial charge < -0.3 is 80.7 Å². The van der Waals surface area contributed by atoms with Crippen LogP contribution in [0.2, 0.25) is 0 Å². The number of nitrogens with two attached hydrogens (primary N) is 1. The summed E-state index contributed by atoms with van der Waals surface area (Å²) in [6, 6.07) is 2.09. The van der Waals surface area contributed by atoms with Gasteiger partial charge in [-0.2, -0.15) is 0 Å². The van der Waals surface area contributed by atoms with Gasteiger partial charge in [-0.3, -0.25) is 19.2 Å². The number of aryl methyl sites for hydroxylation is 1. The summed E-state index contributed by atoms with van der Waals surface area (Å²) in [5, 5.41) is 101. The molecule has 0 radical (unpaired) electrons. The van der Waals surface area contributed by atoms with Gasteiger partial charge in [0, 0.05) is 28.3 Å². The van der Waals surface area contributed by atoms with Gasteiger partial charge in [0.05, 0.1) is 42.6 Å². The second-order valence-electron chi connectivity index (χ2n) is 14.9. The van der Waals surface area contributed by atoms with Crippen LogP contribution in [0.4, 0.5) is 0 Å². The monoisotopic (exact) mass is 826 g/mol. The lowest BCUT2D eigenvalue weighted by atomic mass is 9.74. The first-order chi connectivity index (χ1) is 27.8. The minimum absolute atomic E-state index is 0.0114. The number of hydrogen-bond acceptors (Lipinski definition) is 18. The number of phenols is 3. The number of carboxylic acid groups (broad SMARTS) is 1. The molecule has 3 aromatic rings. The van der Waals surface area contributed by atoms with Crippen LogP contribution in [0.1, 0.15) is 84.9 Å². The van der Waals surface area contributed by atoms with Gasteiger partial charge in [-0.05, 0) is 49.6 Å². The van der Waals surface area contributed by atoms with E-state index >= 15 is 0 Å². The fraction of sp³-hybridized carbons (Fsp3) is 0.436. The second kappa shape index (κ2) is 15.4. The van der Waals surface area contributed by atoms with Crippen molar-refractivity contribution in [2.75, 3.05) is 13.7 Å². The summed E-state index contributed by atoms with van der Waals surface area (Å²) in [5.41, 5.74) is 2.85. The van der Waals surface area contributed by atoms with Gasteiger partial charge in [0.2, 0.25) is 0 Å². The average molecular weight is 827 g/mol. The van der Waals surface area contributed by atoms with Crippen LogP contribution < -0.4 is 15.8 Å². The van der Waals surface area contributed by atoms with Crippen LogP contribution in [0.15, 0.2) is 24.3 Å². The number of aliphatic carboxylic acids is 1. The molecule has 7 rings (SSSR count). The molecule has 2 aliphatic carbocycles. The van der Waals surface area contributed by atoms with Crippen molar-refractivity contribution in [3.63, 3.8) is 0 Å². The summed E-state index contributed by atoms with van der Waals surface area (Å²) >= 11 is 0. The van der Waals surface area contributed by atoms with Crippen LogP contribution in [0, 0.1) is 6.92 Å². The predicted molar refractivity (Wildman–Crippen MR) is 196 cm³/mol. The molecular weight excluding hydrogens is 784 g/mol. The van der Waals surface area contributed by atoms with Crippen LogP contribution in [-0.2, 0) is 23.7 Å². The molecule has 2 aliphatic heterocycles. The number of amides is 1. The van der Waals surface area contributed by atoms with Crippen LogP contribution in [0.5, 0.6) is 23.0 Å². The molecule has 12 unspecified atom stereocenters. The Morgan fingerprint density at radius 2 is 1.49 bits per heavy atom. The summed E-state index contributed by atoms with van der Waals surface area (Å²) in [6.45, 7) is 3.62. The smallest absolute Gasteiger partial charge is 0.325 e. The van der Waals surface area contributed by atoms with Gasteiger partial charge in [0.25, 0.3) is 5.91 Å². The van der Waals surface area contributed by atoms with E-state index in [1.54, 1.807) is 0 Å². The third-order valence-electron chi connectivity index (χ3n) is 11.1. The Balaban J connectivity index is 1.36. The Morgan fingerprint density at radius 3 is 2.15 bits per heavy atom. The fourth-order valence-corrected chi connectivity index (χ4v) is 7.93. The first-order valence-corrected chi connectivity index (χ1v) is 18.3. The molecule has 20 nitrogen and oxygen atoms in total. The Labute approximate surface area is 333 Å². The number of aliphatic hydroxyl groups excluding tert-OH is 5. The molecule has 316 valence electrons. The molecule has 4 aliphatic rings. The largest absolute Gasteiger partial charge is 0.507 e. The maximum absolute atomic E-state index is 14.1. The molecule has 12 N–H and O–H groups in total. The van der Waals surface area contributed by atoms with Crippen LogP contribution in [0.3, 0.4) is 0 Å². The molecule has 12 atom stereocenters. The maximum Gasteiger partial charge on any atom is 0.325 e. The Hall–Kier alpha value is -5.26. The van der Waals surface area contributed by atoms with Crippen molar-refractivity contribution < 1.29 is 88.8 Å². The minimum Gasteiger partial charge on any atom is -0.507 e. The number of nitrogens with one attached hydrogen (secondary N) is 1. The van der Waals surface area contributed by atoms with E-state index in [9.17, 15) is 65.1 Å². The third-order valence-corrected chi connectivity index (χ3v) is 11.1. The van der Waals surface area contributed by atoms with Crippen molar-refractivity contribution in [2.24, 2.45) is 5.73 Å². The van der Waals surface area contributed by atoms with Crippen molar-refractivity contribution in [3.8, 4) is 34.1 Å². The van der Waals surface area contributed by atoms with E-state index in [1.165, 1.54) is 40.0 Å². The summed E-state index contributed by atoms with van der Waals surface area (Å²) in [5.74, 6) is -6.69. The number of carbonyl (C=O) groups excluding carboxylic acids is 3. The van der Waals surface area contributed by atoms with E-state index < -0.39 is 149 Å². The topological polar surface area (TPSA) is 335 Å². The highest BCUT2D eigenvalue weighted by Crippen LogP contribution is 2.57. The molecule has 0 saturated carbocycles. The molecule has 59 heavy (non-hydrogen) atoms. The number of phenolic OH excluding ortho intramolecular Hbond substituents is 3. The van der Waals surface area contributed by atoms with Crippen molar-refractivity contribution in [3.05, 3.63) is 68.8 Å². The van der Waals surface area contributed by atoms with E-state index in [0.717, 1.165) is 12.1 Å². The summed E-state index contributed by atoms with van der Waals surface area (Å²) < 4.78 is 28.5. The van der Waals surface area contributed by atoms with E-state index in [2.05, 4.69) is 5.32 Å². The predicted octanol–water partition coefficient (Wildman–Crippen LogP) is -0.872. The van der Waals surface area contributed by atoms with Gasteiger partial charge in [0.15, 0.2) is 24.1 Å². The lowest BCUT2D eigenvalue weighted by Crippen LogP contribution is -2.64. The minimum atomic E-state index is -1.91. The number of fused-ring (bicyclic) bond motifs is 5. The van der Waals surface area contributed by atoms with Crippen molar-refractivity contribution in [2.45, 2.75) is 94.3 Å². The highest BCUT2D eigenvalue weighted by atomic mass is 16.7. The Kier molecular flexibility index (Phi) is 10.9. The number of benzene rings is 3. The van der Waals surface area contributed by atoms with Gasteiger partial charge in [-0.1, -0.05) is 6.07 Å². The Bertz CT molecular complexity index is 2260. The normalized spacial score (nSPS) is 30.4. The van der Waals surface area contributed by atoms with Crippen LogP contribution >= 0.6 is 0 Å². The number of rotatable bonds is 8. The Morgan fingerprint density at radius 1 is 0.847 bits per heavy atom. The fourth-order valence-electron chi connectivity index (χ4n) is 7.93. The molecule has 3 aromatic carbocycles. The number of carboxylic acids is 1. The molecule has 2 heterocycles. The van der Waals surface area contributed by atoms with Gasteiger partial charge in [0.1, 0.15) is 71.8 Å². The number of carbonyl (C=O) groups is 4. The first-order valence-electron chi connectivity index (χ1n) is 18.3. The maximum atomic E-state index is 14.1. The zero-order valence-electron chi connectivity index (χ0n) is 31.7. The van der Waals surface area contributed by atoms with Crippen LogP contribution in [0.25, 0.3) is 11.1 Å². The zero-order chi connectivity index (χ0) is 43.1. The van der Waals surface area contributed by atoms with Crippen molar-refractivity contribution in [1.29, 1.82) is 0 Å². The van der Waals surface area contributed by atoms with E-state index in [1.807, 2.05) is 0 Å². The van der Waals surface area contributed by atoms with E-state index in [-0.39, 0.29) is 33.6 Å². The van der Waals surface area contributed by atoms with Crippen LogP contribution in [-0.4, -0.2) is 144 Å². The average Bonchev–Trinajstić information content (AvgIpc) is 3.18. The molecule has 0 aromatic heterocycles. The third kappa shape index (κ3) is 6.76. The number of ketones is 2. The molecule has 20 heteroatoms. The summed E-state index contributed by atoms with van der Waals surface area (Å²) in [4.78, 5) is 53.2. The number of methoxy groups -OCH3 is 1. The summed E-state index contributed by atoms with van der Waals surface area (Å²) in [6.07, 6.45) is -16.0. The molecule has 2 saturated heterocycles. The highest BCUT2D eigenvalue weighted by molar-refractivity contribution is 6.31. The van der Waals surface area contributed by atoms with Crippen molar-refractivity contribution in [1.82, 2.24) is 5.32 Å². The molecule has 0 bridgehead atoms. The molecule has 1 amide bonds. The van der Waals surface area contributed by atoms with Gasteiger partial charge >= 0.3 is 5.97 Å². The number of aromatic hydroxyl groups is 3. The van der Waals surface area contributed by atoms with Gasteiger partial charge in [-0.25, -0.2) is 0 Å². The van der Waals surface area contributed by atoms with E-state index in [0.29, 0.717) is 0 Å². The molecular formula is C39H42N2O18. The zero-order valence-corrected chi connectivity index (χ0v) is 31.7. The standard InChI is InChI=1S/C39H42N2O18/c1-10-5-17-23(30(48)20(10)36(52)41-11(2)37(53)54)22-15(8-16-24(31(22)49)27(45)14-6-13(55-4)7-18(42)21(14)26(16)44)28(46)34(17)58-39-33(51)35(25(40)12(3)57-39)59-38-32(50)29(47)19(43)9-56-38/h5-8,11-12,19,25,28-29,32-35,38-39,42-43,46-51H,9,40H2,1-4H3,(H,41,52)(H,53,54).